The van der Waals surface area contributed by atoms with Gasteiger partial charge < -0.3 is 10.6 Å². The molecule has 0 aliphatic carbocycles. The average molecular weight is 193 g/mol. The van der Waals surface area contributed by atoms with Crippen LogP contribution >= 0.6 is 0 Å². The van der Waals surface area contributed by atoms with E-state index in [9.17, 15) is 4.79 Å². The molecule has 4 nitrogen and oxygen atoms in total. The molecule has 1 atom stereocenters. The molecule has 0 aromatic carbocycles. The van der Waals surface area contributed by atoms with Crippen molar-refractivity contribution in [3.05, 3.63) is 24.0 Å². The third kappa shape index (κ3) is 2.81. The quantitative estimate of drug-likeness (QED) is 0.751. The predicted octanol–water partition coefficient (Wildman–Crippen LogP) is 0.936. The molecule has 1 unspecified atom stereocenters. The van der Waals surface area contributed by atoms with Crippen molar-refractivity contribution < 1.29 is 4.79 Å². The number of rotatable bonds is 3. The third-order valence-electron chi connectivity index (χ3n) is 1.99. The van der Waals surface area contributed by atoms with Crippen LogP contribution in [0.2, 0.25) is 0 Å². The fourth-order valence-electron chi connectivity index (χ4n) is 1.00. The highest BCUT2D eigenvalue weighted by Gasteiger charge is 2.09. The van der Waals surface area contributed by atoms with Crippen molar-refractivity contribution in [1.82, 2.24) is 10.3 Å². The Morgan fingerprint density at radius 2 is 2.29 bits per heavy atom. The first-order valence-corrected chi connectivity index (χ1v) is 4.54. The first-order valence-electron chi connectivity index (χ1n) is 4.54. The minimum absolute atomic E-state index is 0.0434. The van der Waals surface area contributed by atoms with Crippen molar-refractivity contribution >= 4 is 11.6 Å². The maximum atomic E-state index is 11.5. The van der Waals surface area contributed by atoms with Gasteiger partial charge in [-0.05, 0) is 33.0 Å². The van der Waals surface area contributed by atoms with Crippen LogP contribution < -0.4 is 10.6 Å². The highest BCUT2D eigenvalue weighted by molar-refractivity contribution is 5.94. The molecule has 0 bridgehead atoms. The first kappa shape index (κ1) is 10.7. The van der Waals surface area contributed by atoms with Gasteiger partial charge in [-0.15, -0.1) is 0 Å². The number of aromatic nitrogens is 1. The van der Waals surface area contributed by atoms with Crippen LogP contribution in [0.5, 0.6) is 0 Å². The van der Waals surface area contributed by atoms with Gasteiger partial charge in [0.25, 0.3) is 0 Å². The van der Waals surface area contributed by atoms with Crippen molar-refractivity contribution in [1.29, 1.82) is 0 Å². The zero-order chi connectivity index (χ0) is 10.6. The molecule has 1 heterocycles. The van der Waals surface area contributed by atoms with Crippen LogP contribution in [0.25, 0.3) is 0 Å². The minimum Gasteiger partial charge on any atom is -0.325 e. The molecule has 0 fully saturated rings. The number of aryl methyl sites for hydroxylation is 1. The van der Waals surface area contributed by atoms with Crippen LogP contribution in [0.4, 0.5) is 5.69 Å². The molecule has 1 amide bonds. The molecule has 14 heavy (non-hydrogen) atoms. The number of amides is 1. The van der Waals surface area contributed by atoms with Gasteiger partial charge in [0, 0.05) is 17.6 Å². The molecular weight excluding hydrogens is 178 g/mol. The van der Waals surface area contributed by atoms with E-state index in [1.54, 1.807) is 19.3 Å². The summed E-state index contributed by atoms with van der Waals surface area (Å²) in [5.41, 5.74) is 1.67. The lowest BCUT2D eigenvalue weighted by atomic mass is 10.3. The third-order valence-corrected chi connectivity index (χ3v) is 1.99. The van der Waals surface area contributed by atoms with E-state index in [0.717, 1.165) is 11.4 Å². The molecule has 0 spiro atoms. The summed E-state index contributed by atoms with van der Waals surface area (Å²) in [6.45, 7) is 3.69. The van der Waals surface area contributed by atoms with Gasteiger partial charge in [0.15, 0.2) is 0 Å². The number of carbonyl (C=O) groups is 1. The normalized spacial score (nSPS) is 12.2. The number of carbonyl (C=O) groups excluding carboxylic acids is 1. The molecule has 0 saturated heterocycles. The van der Waals surface area contributed by atoms with Gasteiger partial charge in [-0.2, -0.15) is 0 Å². The predicted molar refractivity (Wildman–Crippen MR) is 56.1 cm³/mol. The standard InChI is InChI=1S/C10H15N3O/c1-7-6-9(4-5-12-7)13-10(14)8(2)11-3/h4-6,8,11H,1-3H3,(H,12,13,14). The number of likely N-dealkylation sites (N-methyl/N-ethyl adjacent to an activating group) is 1. The molecule has 0 aliphatic rings. The fraction of sp³-hybridized carbons (Fsp3) is 0.400. The van der Waals surface area contributed by atoms with Crippen LogP contribution in [-0.4, -0.2) is 24.0 Å². The van der Waals surface area contributed by atoms with Crippen molar-refractivity contribution in [2.24, 2.45) is 0 Å². The number of nitrogens with one attached hydrogen (secondary N) is 2. The van der Waals surface area contributed by atoms with Crippen molar-refractivity contribution in [2.45, 2.75) is 19.9 Å². The Morgan fingerprint density at radius 1 is 1.57 bits per heavy atom. The van der Waals surface area contributed by atoms with Gasteiger partial charge in [0.1, 0.15) is 0 Å². The summed E-state index contributed by atoms with van der Waals surface area (Å²) >= 11 is 0. The van der Waals surface area contributed by atoms with E-state index in [4.69, 9.17) is 0 Å². The van der Waals surface area contributed by atoms with E-state index in [1.807, 2.05) is 19.9 Å². The largest absolute Gasteiger partial charge is 0.325 e. The molecule has 1 rings (SSSR count). The average Bonchev–Trinajstić information content (AvgIpc) is 2.16. The van der Waals surface area contributed by atoms with E-state index in [1.165, 1.54) is 0 Å². The Labute approximate surface area is 83.7 Å². The maximum Gasteiger partial charge on any atom is 0.241 e. The van der Waals surface area contributed by atoms with E-state index in [2.05, 4.69) is 15.6 Å². The number of hydrogen-bond acceptors (Lipinski definition) is 3. The topological polar surface area (TPSA) is 54.0 Å². The van der Waals surface area contributed by atoms with E-state index in [-0.39, 0.29) is 11.9 Å². The minimum atomic E-state index is -0.191. The summed E-state index contributed by atoms with van der Waals surface area (Å²) in [6, 6.07) is 3.41. The molecule has 0 saturated carbocycles. The number of hydrogen-bond donors (Lipinski definition) is 2. The Morgan fingerprint density at radius 3 is 2.86 bits per heavy atom. The summed E-state index contributed by atoms with van der Waals surface area (Å²) in [5.74, 6) is -0.0434. The lowest BCUT2D eigenvalue weighted by molar-refractivity contribution is -0.117. The van der Waals surface area contributed by atoms with Crippen molar-refractivity contribution in [3.63, 3.8) is 0 Å². The second-order valence-corrected chi connectivity index (χ2v) is 3.19. The zero-order valence-corrected chi connectivity index (χ0v) is 8.66. The molecular formula is C10H15N3O. The highest BCUT2D eigenvalue weighted by atomic mass is 16.2. The van der Waals surface area contributed by atoms with Crippen LogP contribution in [-0.2, 0) is 4.79 Å². The van der Waals surface area contributed by atoms with Crippen LogP contribution in [0.1, 0.15) is 12.6 Å². The molecule has 1 aromatic rings. The van der Waals surface area contributed by atoms with Crippen LogP contribution in [0.3, 0.4) is 0 Å². The first-order chi connectivity index (χ1) is 6.63. The maximum absolute atomic E-state index is 11.5. The summed E-state index contributed by atoms with van der Waals surface area (Å²) in [6.07, 6.45) is 1.68. The lowest BCUT2D eigenvalue weighted by Crippen LogP contribution is -2.35. The molecule has 2 N–H and O–H groups in total. The molecule has 76 valence electrons. The summed E-state index contributed by atoms with van der Waals surface area (Å²) < 4.78 is 0. The van der Waals surface area contributed by atoms with Gasteiger partial charge in [0.05, 0.1) is 6.04 Å². The molecule has 1 aromatic heterocycles. The van der Waals surface area contributed by atoms with Gasteiger partial charge >= 0.3 is 0 Å². The number of nitrogens with zero attached hydrogens (tertiary/aromatic N) is 1. The van der Waals surface area contributed by atoms with Crippen LogP contribution in [0, 0.1) is 6.92 Å². The van der Waals surface area contributed by atoms with Gasteiger partial charge in [-0.25, -0.2) is 0 Å². The summed E-state index contributed by atoms with van der Waals surface area (Å²) in [7, 11) is 1.75. The molecule has 4 heteroatoms. The van der Waals surface area contributed by atoms with E-state index in [0.29, 0.717) is 0 Å². The van der Waals surface area contributed by atoms with E-state index >= 15 is 0 Å². The fourth-order valence-corrected chi connectivity index (χ4v) is 1.00. The number of anilines is 1. The Hall–Kier alpha value is -1.42. The lowest BCUT2D eigenvalue weighted by Gasteiger charge is -2.10. The van der Waals surface area contributed by atoms with E-state index < -0.39 is 0 Å². The van der Waals surface area contributed by atoms with Gasteiger partial charge in [-0.1, -0.05) is 0 Å². The summed E-state index contributed by atoms with van der Waals surface area (Å²) in [5, 5.41) is 5.66. The monoisotopic (exact) mass is 193 g/mol. The molecule has 0 radical (unpaired) electrons. The number of pyridine rings is 1. The SMILES string of the molecule is CNC(C)C(=O)Nc1ccnc(C)c1. The van der Waals surface area contributed by atoms with Gasteiger partial charge in [-0.3, -0.25) is 9.78 Å². The highest BCUT2D eigenvalue weighted by Crippen LogP contribution is 2.07. The van der Waals surface area contributed by atoms with Crippen LogP contribution in [0.15, 0.2) is 18.3 Å². The summed E-state index contributed by atoms with van der Waals surface area (Å²) in [4.78, 5) is 15.5. The van der Waals surface area contributed by atoms with Crippen molar-refractivity contribution in [3.8, 4) is 0 Å². The van der Waals surface area contributed by atoms with Crippen molar-refractivity contribution in [2.75, 3.05) is 12.4 Å². The Balaban J connectivity index is 2.65. The van der Waals surface area contributed by atoms with Gasteiger partial charge in [0.2, 0.25) is 5.91 Å². The Kier molecular flexibility index (Phi) is 3.59. The Bertz CT molecular complexity index is 325. The zero-order valence-electron chi connectivity index (χ0n) is 8.66. The second-order valence-electron chi connectivity index (χ2n) is 3.19. The molecule has 0 aliphatic heterocycles. The second kappa shape index (κ2) is 4.72. The smallest absolute Gasteiger partial charge is 0.241 e.